The minimum Gasteiger partial charge on any atom is -0.308 e. The monoisotopic (exact) mass is 517 g/mol. The maximum atomic E-state index is 13.9. The van der Waals surface area contributed by atoms with Crippen LogP contribution in [0, 0.1) is 11.6 Å². The van der Waals surface area contributed by atoms with Crippen molar-refractivity contribution in [3.8, 4) is 0 Å². The van der Waals surface area contributed by atoms with Crippen LogP contribution in [0.5, 0.6) is 0 Å². The van der Waals surface area contributed by atoms with E-state index >= 15 is 0 Å². The number of likely N-dealkylation sites (N-methyl/N-ethyl adjacent to an activating group) is 1. The Morgan fingerprint density at radius 1 is 0.917 bits per heavy atom. The van der Waals surface area contributed by atoms with E-state index in [-0.39, 0.29) is 17.7 Å². The second-order valence-electron chi connectivity index (χ2n) is 9.11. The van der Waals surface area contributed by atoms with Crippen molar-refractivity contribution in [2.24, 2.45) is 4.99 Å². The smallest absolute Gasteiger partial charge is 0.174 e. The third-order valence-corrected chi connectivity index (χ3v) is 7.65. The zero-order valence-corrected chi connectivity index (χ0v) is 21.0. The zero-order valence-electron chi connectivity index (χ0n) is 19.5. The highest BCUT2D eigenvalue weighted by Gasteiger charge is 2.41. The number of fused-ring (bicyclic) bond motifs is 1. The fraction of sp³-hybridized carbons (Fsp3) is 0.138. The molecule has 6 rings (SSSR count). The van der Waals surface area contributed by atoms with Crippen molar-refractivity contribution in [2.75, 3.05) is 20.1 Å². The SMILES string of the molecule is CN1CC2=C(N=C3SC=C(c4ccc(Cl)cc4)N3[C@H]2c2ccc(F)cc2)/C(=C/c2ccc(F)cc2)C1. The molecule has 0 saturated carbocycles. The summed E-state index contributed by atoms with van der Waals surface area (Å²) in [5.74, 6) is -0.523. The number of hydrogen-bond donors (Lipinski definition) is 0. The van der Waals surface area contributed by atoms with Crippen LogP contribution in [0.1, 0.15) is 22.7 Å². The number of nitrogens with zero attached hydrogens (tertiary/aromatic N) is 3. The molecule has 3 aromatic carbocycles. The summed E-state index contributed by atoms with van der Waals surface area (Å²) in [6.45, 7) is 1.45. The van der Waals surface area contributed by atoms with Crippen molar-refractivity contribution in [2.45, 2.75) is 6.04 Å². The number of benzene rings is 3. The fourth-order valence-corrected chi connectivity index (χ4v) is 6.01. The van der Waals surface area contributed by atoms with Crippen molar-refractivity contribution in [3.05, 3.63) is 128 Å². The number of aliphatic imine (C=N–C) groups is 1. The van der Waals surface area contributed by atoms with Crippen molar-refractivity contribution >= 4 is 40.3 Å². The van der Waals surface area contributed by atoms with Crippen LogP contribution in [0.25, 0.3) is 11.8 Å². The molecular formula is C29H22ClF2N3S. The van der Waals surface area contributed by atoms with Crippen LogP contribution in [-0.2, 0) is 0 Å². The summed E-state index contributed by atoms with van der Waals surface area (Å²) >= 11 is 7.74. The van der Waals surface area contributed by atoms with E-state index in [2.05, 4.69) is 28.3 Å². The minimum atomic E-state index is -0.264. The Hall–Kier alpha value is -3.19. The van der Waals surface area contributed by atoms with Gasteiger partial charge in [0, 0.05) is 23.5 Å². The number of hydrogen-bond acceptors (Lipinski definition) is 4. The summed E-state index contributed by atoms with van der Waals surface area (Å²) < 4.78 is 27.4. The molecule has 0 bridgehead atoms. The Labute approximate surface area is 218 Å². The average molecular weight is 518 g/mol. The van der Waals surface area contributed by atoms with Crippen molar-refractivity contribution < 1.29 is 8.78 Å². The van der Waals surface area contributed by atoms with E-state index < -0.39 is 0 Å². The standard InChI is InChI=1S/C29H22ClF2N3S/c1-34-15-21(14-18-2-10-23(31)11-3-18)27-25(16-34)28(20-6-12-24(32)13-7-20)35-26(17-36-29(35)33-27)19-4-8-22(30)9-5-19/h2-14,17,28H,15-16H2,1H3/b21-14+/t28-/m0/s1. The summed E-state index contributed by atoms with van der Waals surface area (Å²) in [4.78, 5) is 9.64. The predicted octanol–water partition coefficient (Wildman–Crippen LogP) is 7.36. The summed E-state index contributed by atoms with van der Waals surface area (Å²) in [5.41, 5.74) is 7.17. The van der Waals surface area contributed by atoms with Gasteiger partial charge in [-0.2, -0.15) is 0 Å². The topological polar surface area (TPSA) is 18.8 Å². The van der Waals surface area contributed by atoms with E-state index in [9.17, 15) is 8.78 Å². The van der Waals surface area contributed by atoms with Gasteiger partial charge < -0.3 is 4.90 Å². The quantitative estimate of drug-likeness (QED) is 0.361. The van der Waals surface area contributed by atoms with Gasteiger partial charge in [0.15, 0.2) is 5.17 Å². The van der Waals surface area contributed by atoms with Crippen LogP contribution in [0.15, 0.2) is 100 Å². The molecule has 0 aliphatic carbocycles. The van der Waals surface area contributed by atoms with E-state index in [1.54, 1.807) is 23.9 Å². The van der Waals surface area contributed by atoms with Crippen LogP contribution in [0.3, 0.4) is 0 Å². The van der Waals surface area contributed by atoms with Crippen molar-refractivity contribution in [3.63, 3.8) is 0 Å². The van der Waals surface area contributed by atoms with Gasteiger partial charge in [0.1, 0.15) is 11.6 Å². The molecule has 3 nitrogen and oxygen atoms in total. The maximum absolute atomic E-state index is 13.9. The Morgan fingerprint density at radius 3 is 2.28 bits per heavy atom. The third kappa shape index (κ3) is 4.30. The largest absolute Gasteiger partial charge is 0.308 e. The lowest BCUT2D eigenvalue weighted by molar-refractivity contribution is 0.344. The molecule has 0 aromatic heterocycles. The molecule has 0 radical (unpaired) electrons. The third-order valence-electron chi connectivity index (χ3n) is 6.56. The van der Waals surface area contributed by atoms with E-state index in [0.717, 1.165) is 57.5 Å². The second kappa shape index (κ2) is 9.36. The first-order valence-electron chi connectivity index (χ1n) is 11.6. The Kier molecular flexibility index (Phi) is 6.04. The van der Waals surface area contributed by atoms with Crippen LogP contribution in [0.4, 0.5) is 8.78 Å². The molecule has 0 saturated heterocycles. The summed E-state index contributed by atoms with van der Waals surface area (Å²) in [7, 11) is 2.08. The average Bonchev–Trinajstić information content (AvgIpc) is 3.29. The van der Waals surface area contributed by atoms with Crippen molar-refractivity contribution in [1.29, 1.82) is 0 Å². The van der Waals surface area contributed by atoms with E-state index in [4.69, 9.17) is 16.6 Å². The Morgan fingerprint density at radius 2 is 1.58 bits per heavy atom. The number of amidine groups is 1. The summed E-state index contributed by atoms with van der Waals surface area (Å²) in [6, 6.07) is 20.9. The summed E-state index contributed by atoms with van der Waals surface area (Å²) in [6.07, 6.45) is 2.08. The highest BCUT2D eigenvalue weighted by molar-refractivity contribution is 8.16. The predicted molar refractivity (Wildman–Crippen MR) is 144 cm³/mol. The molecule has 36 heavy (non-hydrogen) atoms. The lowest BCUT2D eigenvalue weighted by atomic mass is 9.88. The molecule has 1 atom stereocenters. The molecule has 0 N–H and O–H groups in total. The Balaban J connectivity index is 1.50. The first kappa shape index (κ1) is 23.2. The number of thioether (sulfide) groups is 1. The summed E-state index contributed by atoms with van der Waals surface area (Å²) in [5, 5.41) is 3.68. The Bertz CT molecular complexity index is 1440. The van der Waals surface area contributed by atoms with E-state index in [0.29, 0.717) is 5.02 Å². The number of rotatable bonds is 3. The molecule has 3 aliphatic heterocycles. The highest BCUT2D eigenvalue weighted by Crippen LogP contribution is 2.49. The van der Waals surface area contributed by atoms with Gasteiger partial charge >= 0.3 is 0 Å². The molecule has 3 heterocycles. The molecular weight excluding hydrogens is 496 g/mol. The maximum Gasteiger partial charge on any atom is 0.174 e. The van der Waals surface area contributed by atoms with Gasteiger partial charge in [-0.25, -0.2) is 13.8 Å². The van der Waals surface area contributed by atoms with Crippen LogP contribution in [-0.4, -0.2) is 35.1 Å². The fourth-order valence-electron chi connectivity index (χ4n) is 4.96. The van der Waals surface area contributed by atoms with Crippen LogP contribution < -0.4 is 0 Å². The molecule has 0 amide bonds. The van der Waals surface area contributed by atoms with Gasteiger partial charge in [0.25, 0.3) is 0 Å². The molecule has 3 aromatic rings. The number of halogens is 3. The molecule has 0 spiro atoms. The lowest BCUT2D eigenvalue weighted by Crippen LogP contribution is -2.40. The van der Waals surface area contributed by atoms with Gasteiger partial charge in [-0.15, -0.1) is 0 Å². The van der Waals surface area contributed by atoms with Gasteiger partial charge in [-0.1, -0.05) is 59.8 Å². The molecule has 7 heteroatoms. The molecule has 3 aliphatic rings. The van der Waals surface area contributed by atoms with Gasteiger partial charge in [0.05, 0.1) is 17.4 Å². The zero-order chi connectivity index (χ0) is 24.8. The lowest BCUT2D eigenvalue weighted by Gasteiger charge is -2.42. The van der Waals surface area contributed by atoms with Crippen LogP contribution >= 0.6 is 23.4 Å². The molecule has 180 valence electrons. The van der Waals surface area contributed by atoms with E-state index in [1.807, 2.05) is 36.4 Å². The first-order chi connectivity index (χ1) is 17.5. The van der Waals surface area contributed by atoms with Gasteiger partial charge in [-0.3, -0.25) is 4.90 Å². The minimum absolute atomic E-state index is 0.149. The van der Waals surface area contributed by atoms with Crippen molar-refractivity contribution in [1.82, 2.24) is 9.80 Å². The molecule has 0 fully saturated rings. The molecule has 0 unspecified atom stereocenters. The first-order valence-corrected chi connectivity index (χ1v) is 12.9. The van der Waals surface area contributed by atoms with Gasteiger partial charge in [0.2, 0.25) is 0 Å². The normalized spacial score (nSPS) is 20.8. The van der Waals surface area contributed by atoms with Gasteiger partial charge in [-0.05, 0) is 77.4 Å². The van der Waals surface area contributed by atoms with E-state index in [1.165, 1.54) is 24.3 Å². The second-order valence-corrected chi connectivity index (χ2v) is 10.4. The van der Waals surface area contributed by atoms with Crippen LogP contribution in [0.2, 0.25) is 5.02 Å². The highest BCUT2D eigenvalue weighted by atomic mass is 35.5.